The predicted molar refractivity (Wildman–Crippen MR) is 162 cm³/mol. The molecule has 0 aliphatic carbocycles. The van der Waals surface area contributed by atoms with Crippen molar-refractivity contribution in [1.82, 2.24) is 19.4 Å². The first kappa shape index (κ1) is 28.8. The summed E-state index contributed by atoms with van der Waals surface area (Å²) in [5.41, 5.74) is 2.86. The van der Waals surface area contributed by atoms with E-state index >= 15 is 0 Å². The lowest BCUT2D eigenvalue weighted by atomic mass is 10.1. The van der Waals surface area contributed by atoms with Crippen molar-refractivity contribution in [3.63, 3.8) is 0 Å². The first-order valence-electron chi connectivity index (χ1n) is 15.0. The Morgan fingerprint density at radius 3 is 2.32 bits per heavy atom. The SMILES string of the molecule is CCc1ccc(-c2nc3ccc(C(=O)N(CCC(C)C)CCC(C)C)cc3n2CCCN2CCCCC2)s1. The molecule has 1 saturated heterocycles. The van der Waals surface area contributed by atoms with Crippen molar-refractivity contribution in [3.8, 4) is 10.7 Å². The number of aromatic nitrogens is 2. The van der Waals surface area contributed by atoms with E-state index in [-0.39, 0.29) is 5.91 Å². The molecule has 0 saturated carbocycles. The fraction of sp³-hybridized carbons (Fsp3) is 0.625. The van der Waals surface area contributed by atoms with E-state index in [9.17, 15) is 4.79 Å². The molecule has 0 unspecified atom stereocenters. The molecule has 0 atom stereocenters. The number of nitrogens with zero attached hydrogens (tertiary/aromatic N) is 4. The van der Waals surface area contributed by atoms with Gasteiger partial charge >= 0.3 is 0 Å². The molecular formula is C32H48N4OS. The standard InChI is InChI=1S/C32H48N4OS/c1-6-27-12-14-30(38-27)31-33-28-13-11-26(32(37)35(21-15-24(2)3)22-16-25(4)5)23-29(28)36(31)20-10-19-34-17-8-7-9-18-34/h11-14,23-25H,6-10,15-22H2,1-5H3. The Kier molecular flexibility index (Phi) is 10.4. The molecule has 0 bridgehead atoms. The summed E-state index contributed by atoms with van der Waals surface area (Å²) in [5.74, 6) is 2.36. The molecule has 2 aromatic heterocycles. The number of hydrogen-bond acceptors (Lipinski definition) is 4. The molecule has 1 aliphatic rings. The van der Waals surface area contributed by atoms with Crippen LogP contribution in [0.25, 0.3) is 21.7 Å². The zero-order valence-corrected chi connectivity index (χ0v) is 25.2. The van der Waals surface area contributed by atoms with Gasteiger partial charge in [0.05, 0.1) is 15.9 Å². The van der Waals surface area contributed by atoms with Crippen LogP contribution in [0.2, 0.25) is 0 Å². The average molecular weight is 537 g/mol. The summed E-state index contributed by atoms with van der Waals surface area (Å²) in [6.07, 6.45) is 8.21. The van der Waals surface area contributed by atoms with Crippen LogP contribution in [0.5, 0.6) is 0 Å². The molecule has 1 aromatic carbocycles. The zero-order chi connectivity index (χ0) is 27.1. The number of thiophene rings is 1. The Labute approximate surface area is 234 Å². The van der Waals surface area contributed by atoms with Crippen molar-refractivity contribution < 1.29 is 4.79 Å². The number of rotatable bonds is 13. The van der Waals surface area contributed by atoms with Crippen LogP contribution in [0.4, 0.5) is 0 Å². The summed E-state index contributed by atoms with van der Waals surface area (Å²) in [6, 6.07) is 10.6. The van der Waals surface area contributed by atoms with E-state index in [0.29, 0.717) is 11.8 Å². The van der Waals surface area contributed by atoms with E-state index in [2.05, 4.69) is 73.3 Å². The molecule has 0 spiro atoms. The summed E-state index contributed by atoms with van der Waals surface area (Å²) in [4.78, 5) is 26.1. The van der Waals surface area contributed by atoms with Crippen LogP contribution in [-0.2, 0) is 13.0 Å². The van der Waals surface area contributed by atoms with Crippen LogP contribution in [0, 0.1) is 11.8 Å². The van der Waals surface area contributed by atoms with Gasteiger partial charge in [-0.1, -0.05) is 41.0 Å². The maximum atomic E-state index is 13.8. The van der Waals surface area contributed by atoms with Gasteiger partial charge in [0, 0.05) is 30.1 Å². The van der Waals surface area contributed by atoms with Gasteiger partial charge in [-0.3, -0.25) is 4.79 Å². The van der Waals surface area contributed by atoms with E-state index in [1.807, 2.05) is 17.4 Å². The summed E-state index contributed by atoms with van der Waals surface area (Å²) < 4.78 is 2.38. The van der Waals surface area contributed by atoms with E-state index < -0.39 is 0 Å². The lowest BCUT2D eigenvalue weighted by Gasteiger charge is -2.26. The highest BCUT2D eigenvalue weighted by Crippen LogP contribution is 2.32. The van der Waals surface area contributed by atoms with Gasteiger partial charge in [0.15, 0.2) is 5.82 Å². The maximum absolute atomic E-state index is 13.8. The maximum Gasteiger partial charge on any atom is 0.253 e. The average Bonchev–Trinajstić information content (AvgIpc) is 3.53. The molecule has 3 heterocycles. The van der Waals surface area contributed by atoms with Crippen LogP contribution in [-0.4, -0.2) is 58.0 Å². The highest BCUT2D eigenvalue weighted by Gasteiger charge is 2.20. The third kappa shape index (κ3) is 7.47. The Morgan fingerprint density at radius 1 is 0.974 bits per heavy atom. The number of imidazole rings is 1. The molecule has 3 aromatic rings. The molecule has 6 heteroatoms. The fourth-order valence-corrected chi connectivity index (χ4v) is 6.27. The molecule has 1 amide bonds. The summed E-state index contributed by atoms with van der Waals surface area (Å²) in [7, 11) is 0. The van der Waals surface area contributed by atoms with E-state index in [4.69, 9.17) is 4.98 Å². The van der Waals surface area contributed by atoms with Gasteiger partial charge in [0.1, 0.15) is 0 Å². The monoisotopic (exact) mass is 536 g/mol. The fourth-order valence-electron chi connectivity index (χ4n) is 5.32. The zero-order valence-electron chi connectivity index (χ0n) is 24.3. The number of benzene rings is 1. The highest BCUT2D eigenvalue weighted by molar-refractivity contribution is 7.15. The number of carbonyl (C=O) groups is 1. The third-order valence-electron chi connectivity index (χ3n) is 7.77. The van der Waals surface area contributed by atoms with Crippen molar-refractivity contribution in [2.75, 3.05) is 32.7 Å². The Balaban J connectivity index is 1.63. The number of hydrogen-bond donors (Lipinski definition) is 0. The second-order valence-electron chi connectivity index (χ2n) is 11.8. The van der Waals surface area contributed by atoms with Crippen LogP contribution in [0.15, 0.2) is 30.3 Å². The highest BCUT2D eigenvalue weighted by atomic mass is 32.1. The van der Waals surface area contributed by atoms with Gasteiger partial charge in [-0.25, -0.2) is 4.98 Å². The van der Waals surface area contributed by atoms with Crippen molar-refractivity contribution in [2.24, 2.45) is 11.8 Å². The Bertz CT molecular complexity index is 1160. The van der Waals surface area contributed by atoms with Crippen molar-refractivity contribution in [2.45, 2.75) is 86.1 Å². The third-order valence-corrected chi connectivity index (χ3v) is 9.00. The minimum absolute atomic E-state index is 0.153. The predicted octanol–water partition coefficient (Wildman–Crippen LogP) is 7.74. The first-order chi connectivity index (χ1) is 18.4. The first-order valence-corrected chi connectivity index (χ1v) is 15.8. The molecule has 4 rings (SSSR count). The summed E-state index contributed by atoms with van der Waals surface area (Å²) in [5, 5.41) is 0. The summed E-state index contributed by atoms with van der Waals surface area (Å²) >= 11 is 1.84. The van der Waals surface area contributed by atoms with E-state index in [1.165, 1.54) is 42.1 Å². The van der Waals surface area contributed by atoms with Crippen molar-refractivity contribution in [1.29, 1.82) is 0 Å². The Morgan fingerprint density at radius 2 is 1.68 bits per heavy atom. The van der Waals surface area contributed by atoms with Gasteiger partial charge in [0.25, 0.3) is 5.91 Å². The lowest BCUT2D eigenvalue weighted by molar-refractivity contribution is 0.0741. The quantitative estimate of drug-likeness (QED) is 0.224. The molecule has 38 heavy (non-hydrogen) atoms. The second kappa shape index (κ2) is 13.7. The van der Waals surface area contributed by atoms with Crippen LogP contribution in [0.3, 0.4) is 0 Å². The van der Waals surface area contributed by atoms with Crippen LogP contribution >= 0.6 is 11.3 Å². The minimum Gasteiger partial charge on any atom is -0.339 e. The molecule has 208 valence electrons. The van der Waals surface area contributed by atoms with Gasteiger partial charge in [-0.05, 0) is 100 Å². The smallest absolute Gasteiger partial charge is 0.253 e. The van der Waals surface area contributed by atoms with E-state index in [0.717, 1.165) is 74.3 Å². The molecule has 1 fully saturated rings. The van der Waals surface area contributed by atoms with Gasteiger partial charge in [0.2, 0.25) is 0 Å². The number of likely N-dealkylation sites (tertiary alicyclic amines) is 1. The molecular weight excluding hydrogens is 488 g/mol. The van der Waals surface area contributed by atoms with Crippen molar-refractivity contribution >= 4 is 28.3 Å². The Hall–Kier alpha value is -2.18. The van der Waals surface area contributed by atoms with Gasteiger partial charge < -0.3 is 14.4 Å². The topological polar surface area (TPSA) is 41.4 Å². The van der Waals surface area contributed by atoms with Gasteiger partial charge in [-0.15, -0.1) is 11.3 Å². The van der Waals surface area contributed by atoms with Gasteiger partial charge in [-0.2, -0.15) is 0 Å². The normalized spacial score (nSPS) is 14.7. The van der Waals surface area contributed by atoms with E-state index in [1.54, 1.807) is 0 Å². The lowest BCUT2D eigenvalue weighted by Crippen LogP contribution is -2.34. The molecule has 1 aliphatic heterocycles. The number of amides is 1. The number of aryl methyl sites for hydroxylation is 2. The summed E-state index contributed by atoms with van der Waals surface area (Å²) in [6.45, 7) is 17.3. The minimum atomic E-state index is 0.153. The van der Waals surface area contributed by atoms with Crippen LogP contribution in [0.1, 0.15) is 88.4 Å². The molecule has 5 nitrogen and oxygen atoms in total. The van der Waals surface area contributed by atoms with Crippen LogP contribution < -0.4 is 0 Å². The number of piperidine rings is 1. The number of carbonyl (C=O) groups excluding carboxylic acids is 1. The van der Waals surface area contributed by atoms with Crippen molar-refractivity contribution in [3.05, 3.63) is 40.8 Å². The molecule has 0 N–H and O–H groups in total. The largest absolute Gasteiger partial charge is 0.339 e. The number of fused-ring (bicyclic) bond motifs is 1. The second-order valence-corrected chi connectivity index (χ2v) is 13.0. The molecule has 0 radical (unpaired) electrons.